The number of rotatable bonds is 4. The first-order valence-electron chi connectivity index (χ1n) is 6.36. The zero-order chi connectivity index (χ0) is 16.8. The Morgan fingerprint density at radius 2 is 2.13 bits per heavy atom. The van der Waals surface area contributed by atoms with Gasteiger partial charge in [0.2, 0.25) is 0 Å². The van der Waals surface area contributed by atoms with Gasteiger partial charge in [0.15, 0.2) is 5.17 Å². The highest BCUT2D eigenvalue weighted by molar-refractivity contribution is 8.18. The Morgan fingerprint density at radius 1 is 1.39 bits per heavy atom. The van der Waals surface area contributed by atoms with Crippen molar-refractivity contribution in [2.75, 3.05) is 7.11 Å². The van der Waals surface area contributed by atoms with Gasteiger partial charge >= 0.3 is 13.1 Å². The number of methoxy groups -OCH3 is 1. The molecule has 8 nitrogen and oxygen atoms in total. The molecule has 1 aromatic carbocycles. The van der Waals surface area contributed by atoms with Crippen LogP contribution in [-0.4, -0.2) is 47.5 Å². The van der Waals surface area contributed by atoms with Crippen LogP contribution in [0.1, 0.15) is 5.56 Å². The summed E-state index contributed by atoms with van der Waals surface area (Å²) in [6.07, 6.45) is 2.39. The summed E-state index contributed by atoms with van der Waals surface area (Å²) in [5.41, 5.74) is 0.761. The lowest BCUT2D eigenvalue weighted by Crippen LogP contribution is -2.32. The minimum absolute atomic E-state index is 0.150. The van der Waals surface area contributed by atoms with Gasteiger partial charge in [-0.15, -0.1) is 5.10 Å². The number of hydrogen-bond acceptors (Lipinski definition) is 8. The van der Waals surface area contributed by atoms with Gasteiger partial charge in [-0.05, 0) is 22.8 Å². The Morgan fingerprint density at radius 3 is 2.83 bits per heavy atom. The number of amidine groups is 1. The molecule has 3 N–H and O–H groups in total. The molecule has 10 heteroatoms. The summed E-state index contributed by atoms with van der Waals surface area (Å²) >= 11 is 0.945. The molecule has 0 saturated carbocycles. The van der Waals surface area contributed by atoms with E-state index in [1.54, 1.807) is 24.3 Å². The van der Waals surface area contributed by atoms with Crippen molar-refractivity contribution in [3.63, 3.8) is 0 Å². The molecule has 23 heavy (non-hydrogen) atoms. The molecule has 118 valence electrons. The highest BCUT2D eigenvalue weighted by Gasteiger charge is 2.25. The van der Waals surface area contributed by atoms with Crippen molar-refractivity contribution in [3.05, 3.63) is 40.8 Å². The molecule has 0 radical (unpaired) electrons. The zero-order valence-electron chi connectivity index (χ0n) is 12.0. The third-order valence-electron chi connectivity index (χ3n) is 2.72. The molecule has 1 amide bonds. The van der Waals surface area contributed by atoms with E-state index < -0.39 is 19.0 Å². The minimum Gasteiger partial charge on any atom is -0.466 e. The summed E-state index contributed by atoms with van der Waals surface area (Å²) in [5, 5.41) is 28.7. The van der Waals surface area contributed by atoms with Crippen molar-refractivity contribution < 1.29 is 24.4 Å². The summed E-state index contributed by atoms with van der Waals surface area (Å²) in [6, 6.07) is 6.56. The molecule has 1 aliphatic rings. The molecular weight excluding hydrogens is 321 g/mol. The SMILES string of the molecule is COC(=O)/C=C1/S/C(=N\N=Cc2ccccc2B(O)O)NC1=O. The van der Waals surface area contributed by atoms with Crippen LogP contribution in [0, 0.1) is 0 Å². The minimum atomic E-state index is -1.62. The first kappa shape index (κ1) is 16.9. The van der Waals surface area contributed by atoms with E-state index in [1.807, 2.05) is 0 Å². The van der Waals surface area contributed by atoms with E-state index in [0.29, 0.717) is 5.56 Å². The Hall–Kier alpha value is -2.43. The second kappa shape index (κ2) is 7.72. The van der Waals surface area contributed by atoms with Crippen molar-refractivity contribution in [3.8, 4) is 0 Å². The Balaban J connectivity index is 2.11. The maximum absolute atomic E-state index is 11.6. The van der Waals surface area contributed by atoms with E-state index in [9.17, 15) is 19.6 Å². The number of carbonyl (C=O) groups excluding carboxylic acids is 2. The Bertz CT molecular complexity index is 717. The number of amides is 1. The predicted molar refractivity (Wildman–Crippen MR) is 87.1 cm³/mol. The molecule has 0 spiro atoms. The van der Waals surface area contributed by atoms with Crippen molar-refractivity contribution in [2.24, 2.45) is 10.2 Å². The topological polar surface area (TPSA) is 121 Å². The van der Waals surface area contributed by atoms with Crippen molar-refractivity contribution in [1.29, 1.82) is 0 Å². The summed E-state index contributed by atoms with van der Waals surface area (Å²) in [5.74, 6) is -1.11. The van der Waals surface area contributed by atoms with Crippen LogP contribution >= 0.6 is 11.8 Å². The Labute approximate surface area is 136 Å². The van der Waals surface area contributed by atoms with Gasteiger partial charge < -0.3 is 14.8 Å². The number of ether oxygens (including phenoxy) is 1. The molecule has 0 bridgehead atoms. The van der Waals surface area contributed by atoms with E-state index >= 15 is 0 Å². The van der Waals surface area contributed by atoms with E-state index in [0.717, 1.165) is 17.8 Å². The number of nitrogens with one attached hydrogen (secondary N) is 1. The molecule has 1 aliphatic heterocycles. The smallest absolute Gasteiger partial charge is 0.466 e. The molecule has 0 atom stereocenters. The van der Waals surface area contributed by atoms with Gasteiger partial charge in [0, 0.05) is 6.08 Å². The highest BCUT2D eigenvalue weighted by Crippen LogP contribution is 2.23. The standard InChI is InChI=1S/C13H12BN3O5S/c1-22-11(18)6-10-12(19)16-13(23-10)17-15-7-8-4-2-3-5-9(8)14(20)21/h2-7,20-21H,1H3,(H,16,17,19)/b10-6+,15-7?. The van der Waals surface area contributed by atoms with Gasteiger partial charge in [0.25, 0.3) is 5.91 Å². The van der Waals surface area contributed by atoms with Crippen LogP contribution in [0.15, 0.2) is 45.4 Å². The van der Waals surface area contributed by atoms with Gasteiger partial charge in [0.1, 0.15) is 0 Å². The van der Waals surface area contributed by atoms with Crippen molar-refractivity contribution in [1.82, 2.24) is 5.32 Å². The normalized spacial score (nSPS) is 17.8. The van der Waals surface area contributed by atoms with Gasteiger partial charge in [-0.2, -0.15) is 5.10 Å². The number of carbonyl (C=O) groups is 2. The van der Waals surface area contributed by atoms with E-state index in [1.165, 1.54) is 13.3 Å². The number of esters is 1. The van der Waals surface area contributed by atoms with Crippen LogP contribution < -0.4 is 10.8 Å². The average Bonchev–Trinajstić information content (AvgIpc) is 2.87. The third kappa shape index (κ3) is 4.52. The van der Waals surface area contributed by atoms with E-state index in [4.69, 9.17) is 0 Å². The maximum Gasteiger partial charge on any atom is 0.489 e. The van der Waals surface area contributed by atoms with Gasteiger partial charge in [0.05, 0.1) is 18.2 Å². The fourth-order valence-corrected chi connectivity index (χ4v) is 2.39. The van der Waals surface area contributed by atoms with Crippen molar-refractivity contribution >= 4 is 47.6 Å². The van der Waals surface area contributed by atoms with Crippen molar-refractivity contribution in [2.45, 2.75) is 0 Å². The maximum atomic E-state index is 11.6. The molecular formula is C13H12BN3O5S. The largest absolute Gasteiger partial charge is 0.489 e. The number of nitrogens with zero attached hydrogens (tertiary/aromatic N) is 2. The lowest BCUT2D eigenvalue weighted by atomic mass is 9.77. The quantitative estimate of drug-likeness (QED) is 0.213. The van der Waals surface area contributed by atoms with E-state index in [-0.39, 0.29) is 15.5 Å². The molecule has 0 unspecified atom stereocenters. The molecule has 1 heterocycles. The van der Waals surface area contributed by atoms with Gasteiger partial charge in [-0.3, -0.25) is 10.1 Å². The van der Waals surface area contributed by atoms with Gasteiger partial charge in [-0.1, -0.05) is 24.3 Å². The van der Waals surface area contributed by atoms with E-state index in [2.05, 4.69) is 20.3 Å². The van der Waals surface area contributed by atoms with Gasteiger partial charge in [-0.25, -0.2) is 4.79 Å². The molecule has 1 fully saturated rings. The number of benzene rings is 1. The summed E-state index contributed by atoms with van der Waals surface area (Å²) in [7, 11) is -0.413. The number of hydrogen-bond donors (Lipinski definition) is 3. The summed E-state index contributed by atoms with van der Waals surface area (Å²) in [6.45, 7) is 0. The Kier molecular flexibility index (Phi) is 5.69. The van der Waals surface area contributed by atoms with Crippen LogP contribution in [0.3, 0.4) is 0 Å². The third-order valence-corrected chi connectivity index (χ3v) is 3.62. The fraction of sp³-hybridized carbons (Fsp3) is 0.0769. The predicted octanol–water partition coefficient (Wildman–Crippen LogP) is -1.02. The highest BCUT2D eigenvalue weighted by atomic mass is 32.2. The first-order valence-corrected chi connectivity index (χ1v) is 7.18. The molecule has 0 aromatic heterocycles. The monoisotopic (exact) mass is 333 g/mol. The van der Waals surface area contributed by atoms with Crippen LogP contribution in [0.4, 0.5) is 0 Å². The average molecular weight is 333 g/mol. The molecule has 1 aromatic rings. The summed E-state index contributed by atoms with van der Waals surface area (Å²) < 4.78 is 4.44. The molecule has 1 saturated heterocycles. The number of thioether (sulfide) groups is 1. The first-order chi connectivity index (χ1) is 11.0. The second-order valence-corrected chi connectivity index (χ2v) is 5.27. The van der Waals surface area contributed by atoms with Crippen LogP contribution in [0.25, 0.3) is 0 Å². The lowest BCUT2D eigenvalue weighted by molar-refractivity contribution is -0.135. The van der Waals surface area contributed by atoms with Crippen LogP contribution in [0.5, 0.6) is 0 Å². The second-order valence-electron chi connectivity index (χ2n) is 4.24. The van der Waals surface area contributed by atoms with Crippen LogP contribution in [-0.2, 0) is 14.3 Å². The van der Waals surface area contributed by atoms with Crippen LogP contribution in [0.2, 0.25) is 0 Å². The molecule has 2 rings (SSSR count). The fourth-order valence-electron chi connectivity index (χ4n) is 1.65. The zero-order valence-corrected chi connectivity index (χ0v) is 12.8. The summed E-state index contributed by atoms with van der Waals surface area (Å²) in [4.78, 5) is 22.9. The lowest BCUT2D eigenvalue weighted by Gasteiger charge is -2.02. The molecule has 0 aliphatic carbocycles.